The number of aromatic nitrogens is 2. The van der Waals surface area contributed by atoms with Gasteiger partial charge in [0.05, 0.1) is 24.2 Å². The predicted molar refractivity (Wildman–Crippen MR) is 102 cm³/mol. The van der Waals surface area contributed by atoms with Crippen LogP contribution in [0.2, 0.25) is 5.02 Å². The molecule has 1 fully saturated rings. The van der Waals surface area contributed by atoms with Gasteiger partial charge in [0.15, 0.2) is 11.5 Å². The zero-order chi connectivity index (χ0) is 17.9. The number of amides is 1. The highest BCUT2D eigenvalue weighted by Gasteiger charge is 2.23. The molecule has 1 aromatic heterocycles. The first-order valence-corrected chi connectivity index (χ1v) is 8.75. The van der Waals surface area contributed by atoms with Crippen molar-refractivity contribution in [2.24, 2.45) is 0 Å². The Hall–Kier alpha value is -2.70. The molecule has 0 atom stereocenters. The molecule has 3 aromatic rings. The van der Waals surface area contributed by atoms with E-state index in [4.69, 9.17) is 21.3 Å². The number of carbonyl (C=O) groups excluding carboxylic acids is 1. The number of fused-ring (bicyclic) bond motifs is 1. The normalized spacial score (nSPS) is 14.4. The monoisotopic (exact) mass is 368 g/mol. The third-order valence-electron chi connectivity index (χ3n) is 4.18. The summed E-state index contributed by atoms with van der Waals surface area (Å²) in [7, 11) is 0. The summed E-state index contributed by atoms with van der Waals surface area (Å²) in [5, 5.41) is 3.49. The zero-order valence-corrected chi connectivity index (χ0v) is 14.7. The van der Waals surface area contributed by atoms with E-state index in [2.05, 4.69) is 10.3 Å². The van der Waals surface area contributed by atoms with Crippen LogP contribution in [0.4, 0.5) is 11.5 Å². The average Bonchev–Trinajstić information content (AvgIpc) is 2.69. The summed E-state index contributed by atoms with van der Waals surface area (Å²) >= 11 is 5.90. The first-order chi connectivity index (χ1) is 12.7. The van der Waals surface area contributed by atoms with Gasteiger partial charge in [-0.2, -0.15) is 0 Å². The van der Waals surface area contributed by atoms with Crippen LogP contribution in [0, 0.1) is 0 Å². The molecular formula is C19H17ClN4O2. The molecule has 6 nitrogen and oxygen atoms in total. The second-order valence-corrected chi connectivity index (χ2v) is 6.38. The van der Waals surface area contributed by atoms with E-state index in [1.165, 1.54) is 0 Å². The zero-order valence-electron chi connectivity index (χ0n) is 14.0. The average molecular weight is 369 g/mol. The number of carbonyl (C=O) groups is 1. The third kappa shape index (κ3) is 3.47. The van der Waals surface area contributed by atoms with Gasteiger partial charge in [-0.1, -0.05) is 23.7 Å². The number of rotatable bonds is 3. The molecule has 1 aliphatic rings. The van der Waals surface area contributed by atoms with Gasteiger partial charge in [0.25, 0.3) is 5.91 Å². The van der Waals surface area contributed by atoms with Gasteiger partial charge in [-0.15, -0.1) is 0 Å². The molecule has 1 amide bonds. The van der Waals surface area contributed by atoms with Crippen molar-refractivity contribution in [2.75, 3.05) is 36.5 Å². The van der Waals surface area contributed by atoms with Crippen LogP contribution in [-0.4, -0.2) is 42.2 Å². The maximum Gasteiger partial charge on any atom is 0.278 e. The van der Waals surface area contributed by atoms with Gasteiger partial charge in [0.2, 0.25) is 0 Å². The van der Waals surface area contributed by atoms with Crippen LogP contribution < -0.4 is 10.2 Å². The van der Waals surface area contributed by atoms with Gasteiger partial charge >= 0.3 is 0 Å². The summed E-state index contributed by atoms with van der Waals surface area (Å²) < 4.78 is 5.41. The van der Waals surface area contributed by atoms with E-state index < -0.39 is 0 Å². The number of halogens is 1. The number of morpholine rings is 1. The quantitative estimate of drug-likeness (QED) is 0.767. The Morgan fingerprint density at radius 3 is 2.35 bits per heavy atom. The van der Waals surface area contributed by atoms with E-state index in [-0.39, 0.29) is 5.91 Å². The van der Waals surface area contributed by atoms with Crippen LogP contribution in [0.3, 0.4) is 0 Å². The van der Waals surface area contributed by atoms with Crippen molar-refractivity contribution in [1.82, 2.24) is 9.97 Å². The lowest BCUT2D eigenvalue weighted by atomic mass is 10.2. The maximum atomic E-state index is 12.9. The second-order valence-electron chi connectivity index (χ2n) is 5.94. The molecule has 1 aliphatic heterocycles. The van der Waals surface area contributed by atoms with Crippen LogP contribution in [0.15, 0.2) is 48.5 Å². The molecule has 0 saturated carbocycles. The molecule has 0 bridgehead atoms. The molecule has 0 aliphatic carbocycles. The van der Waals surface area contributed by atoms with Crippen molar-refractivity contribution < 1.29 is 9.53 Å². The fraction of sp³-hybridized carbons (Fsp3) is 0.211. The van der Waals surface area contributed by atoms with Crippen LogP contribution in [0.5, 0.6) is 0 Å². The van der Waals surface area contributed by atoms with E-state index in [0.717, 1.165) is 5.52 Å². The largest absolute Gasteiger partial charge is 0.378 e. The number of para-hydroxylation sites is 2. The van der Waals surface area contributed by atoms with Crippen molar-refractivity contribution in [3.63, 3.8) is 0 Å². The molecule has 1 saturated heterocycles. The number of ether oxygens (including phenoxy) is 1. The first-order valence-electron chi connectivity index (χ1n) is 8.37. The molecule has 2 aromatic carbocycles. The minimum Gasteiger partial charge on any atom is -0.378 e. The van der Waals surface area contributed by atoms with Gasteiger partial charge in [-0.3, -0.25) is 4.79 Å². The Labute approximate surface area is 155 Å². The SMILES string of the molecule is O=C(Nc1ccc(Cl)cc1)c1nc2ccccc2nc1N1CCOCC1. The Morgan fingerprint density at radius 1 is 1.00 bits per heavy atom. The van der Waals surface area contributed by atoms with Crippen LogP contribution in [-0.2, 0) is 4.74 Å². The van der Waals surface area contributed by atoms with Gasteiger partial charge in [-0.25, -0.2) is 9.97 Å². The number of nitrogens with zero attached hydrogens (tertiary/aromatic N) is 3. The molecule has 2 heterocycles. The molecule has 132 valence electrons. The Morgan fingerprint density at radius 2 is 1.65 bits per heavy atom. The molecule has 4 rings (SSSR count). The summed E-state index contributed by atoms with van der Waals surface area (Å²) in [5.41, 5.74) is 2.41. The van der Waals surface area contributed by atoms with Crippen molar-refractivity contribution in [1.29, 1.82) is 0 Å². The number of hydrogen-bond acceptors (Lipinski definition) is 5. The second kappa shape index (κ2) is 7.27. The highest BCUT2D eigenvalue weighted by molar-refractivity contribution is 6.30. The summed E-state index contributed by atoms with van der Waals surface area (Å²) in [6.45, 7) is 2.56. The molecule has 0 radical (unpaired) electrons. The minimum atomic E-state index is -0.299. The summed E-state index contributed by atoms with van der Waals surface area (Å²) in [6, 6.07) is 14.5. The van der Waals surface area contributed by atoms with E-state index in [1.807, 2.05) is 29.2 Å². The first kappa shape index (κ1) is 16.8. The van der Waals surface area contributed by atoms with E-state index >= 15 is 0 Å². The van der Waals surface area contributed by atoms with Crippen molar-refractivity contribution >= 4 is 40.0 Å². The lowest BCUT2D eigenvalue weighted by molar-refractivity contribution is 0.102. The highest BCUT2D eigenvalue weighted by atomic mass is 35.5. The topological polar surface area (TPSA) is 67.4 Å². The van der Waals surface area contributed by atoms with Gasteiger partial charge in [0.1, 0.15) is 0 Å². The maximum absolute atomic E-state index is 12.9. The molecule has 0 spiro atoms. The summed E-state index contributed by atoms with van der Waals surface area (Å²) in [5.74, 6) is 0.283. The third-order valence-corrected chi connectivity index (χ3v) is 4.43. The van der Waals surface area contributed by atoms with Crippen LogP contribution in [0.1, 0.15) is 10.5 Å². The smallest absolute Gasteiger partial charge is 0.278 e. The van der Waals surface area contributed by atoms with Gasteiger partial charge in [0, 0.05) is 23.8 Å². The fourth-order valence-corrected chi connectivity index (χ4v) is 2.99. The Kier molecular flexibility index (Phi) is 4.69. The Balaban J connectivity index is 1.73. The van der Waals surface area contributed by atoms with Gasteiger partial charge in [-0.05, 0) is 36.4 Å². The predicted octanol–water partition coefficient (Wildman–Crippen LogP) is 3.37. The van der Waals surface area contributed by atoms with E-state index in [1.54, 1.807) is 24.3 Å². The molecule has 1 N–H and O–H groups in total. The van der Waals surface area contributed by atoms with Crippen molar-refractivity contribution in [3.05, 3.63) is 59.2 Å². The summed E-state index contributed by atoms with van der Waals surface area (Å²) in [4.78, 5) is 24.2. The lowest BCUT2D eigenvalue weighted by Gasteiger charge is -2.29. The molecule has 7 heteroatoms. The van der Waals surface area contributed by atoms with E-state index in [0.29, 0.717) is 54.0 Å². The summed E-state index contributed by atoms with van der Waals surface area (Å²) in [6.07, 6.45) is 0. The van der Waals surface area contributed by atoms with Crippen LogP contribution in [0.25, 0.3) is 11.0 Å². The van der Waals surface area contributed by atoms with Gasteiger partial charge < -0.3 is 15.0 Å². The van der Waals surface area contributed by atoms with Crippen molar-refractivity contribution in [3.8, 4) is 0 Å². The van der Waals surface area contributed by atoms with Crippen LogP contribution >= 0.6 is 11.6 Å². The minimum absolute atomic E-state index is 0.299. The Bertz CT molecular complexity index is 940. The number of nitrogens with one attached hydrogen (secondary N) is 1. The molecule has 26 heavy (non-hydrogen) atoms. The number of benzene rings is 2. The highest BCUT2D eigenvalue weighted by Crippen LogP contribution is 2.23. The van der Waals surface area contributed by atoms with Crippen molar-refractivity contribution in [2.45, 2.75) is 0 Å². The van der Waals surface area contributed by atoms with E-state index in [9.17, 15) is 4.79 Å². The standard InChI is InChI=1S/C19H17ClN4O2/c20-13-5-7-14(8-6-13)21-19(25)17-18(24-9-11-26-12-10-24)23-16-4-2-1-3-15(16)22-17/h1-8H,9-12H2,(H,21,25). The molecule has 0 unspecified atom stereocenters. The number of hydrogen-bond donors (Lipinski definition) is 1. The molecular weight excluding hydrogens is 352 g/mol. The number of anilines is 2. The lowest BCUT2D eigenvalue weighted by Crippen LogP contribution is -2.38. The fourth-order valence-electron chi connectivity index (χ4n) is 2.86.